The molecule has 0 radical (unpaired) electrons. The van der Waals surface area contributed by atoms with E-state index in [0.717, 1.165) is 29.1 Å². The monoisotopic (exact) mass is 241 g/mol. The molecule has 0 bridgehead atoms. The van der Waals surface area contributed by atoms with Crippen molar-refractivity contribution in [1.29, 1.82) is 0 Å². The number of hydrogen-bond acceptors (Lipinski definition) is 5. The van der Waals surface area contributed by atoms with Crippen molar-refractivity contribution in [3.63, 3.8) is 0 Å². The molecule has 1 aliphatic rings. The van der Waals surface area contributed by atoms with Crippen molar-refractivity contribution in [3.05, 3.63) is 24.5 Å². The first-order valence-corrected chi connectivity index (χ1v) is 5.68. The molecule has 0 saturated heterocycles. The lowest BCUT2D eigenvalue weighted by molar-refractivity contribution is 0.676. The molecule has 7 heteroatoms. The number of rotatable bonds is 1. The Balaban J connectivity index is 2.05. The quantitative estimate of drug-likeness (QED) is 0.663. The van der Waals surface area contributed by atoms with E-state index in [9.17, 15) is 0 Å². The van der Waals surface area contributed by atoms with Crippen LogP contribution in [-0.4, -0.2) is 31.2 Å². The van der Waals surface area contributed by atoms with Crippen LogP contribution in [0.15, 0.2) is 24.5 Å². The van der Waals surface area contributed by atoms with E-state index >= 15 is 0 Å². The topological polar surface area (TPSA) is 72.6 Å². The van der Waals surface area contributed by atoms with Crippen LogP contribution >= 0.6 is 0 Å². The first-order chi connectivity index (χ1) is 8.84. The summed E-state index contributed by atoms with van der Waals surface area (Å²) in [5.74, 6) is 0.706. The minimum Gasteiger partial charge on any atom is -0.366 e. The molecule has 3 heterocycles. The molecule has 0 saturated carbocycles. The molecule has 7 nitrogen and oxygen atoms in total. The van der Waals surface area contributed by atoms with Gasteiger partial charge in [-0.3, -0.25) is 0 Å². The molecule has 0 aliphatic carbocycles. The summed E-state index contributed by atoms with van der Waals surface area (Å²) in [6.07, 6.45) is 3.28. The second kappa shape index (κ2) is 3.22. The molecule has 90 valence electrons. The zero-order valence-corrected chi connectivity index (χ0v) is 9.75. The second-order valence-electron chi connectivity index (χ2n) is 4.18. The Hall–Kier alpha value is -2.57. The number of fused-ring (bicyclic) bond motifs is 3. The van der Waals surface area contributed by atoms with Crippen LogP contribution < -0.4 is 10.6 Å². The third-order valence-corrected chi connectivity index (χ3v) is 3.17. The Morgan fingerprint density at radius 2 is 2.00 bits per heavy atom. The summed E-state index contributed by atoms with van der Waals surface area (Å²) in [7, 11) is 1.96. The fourth-order valence-electron chi connectivity index (χ4n) is 2.30. The van der Waals surface area contributed by atoms with Gasteiger partial charge in [-0.25, -0.2) is 4.98 Å². The summed E-state index contributed by atoms with van der Waals surface area (Å²) in [6.45, 7) is 0.736. The molecule has 0 atom stereocenters. The Morgan fingerprint density at radius 1 is 1.17 bits per heavy atom. The number of nitrogens with zero attached hydrogens (tertiary/aromatic N) is 5. The fourth-order valence-corrected chi connectivity index (χ4v) is 2.30. The largest absolute Gasteiger partial charge is 0.366 e. The average molecular weight is 241 g/mol. The Kier molecular flexibility index (Phi) is 1.69. The third kappa shape index (κ3) is 1.10. The van der Waals surface area contributed by atoms with Crippen LogP contribution in [0.4, 0.5) is 11.4 Å². The van der Waals surface area contributed by atoms with Crippen LogP contribution in [0.5, 0.6) is 0 Å². The number of nitrogens with one attached hydrogen (secondary N) is 2. The van der Waals surface area contributed by atoms with E-state index in [1.807, 2.05) is 17.7 Å². The molecule has 18 heavy (non-hydrogen) atoms. The SMILES string of the molecule is Cn1c(-n2nccn2)nc2c3c(ccc21)NCN3. The van der Waals surface area contributed by atoms with Crippen molar-refractivity contribution in [2.45, 2.75) is 0 Å². The predicted molar refractivity (Wildman–Crippen MR) is 67.7 cm³/mol. The number of anilines is 2. The van der Waals surface area contributed by atoms with Gasteiger partial charge in [-0.15, -0.1) is 4.80 Å². The Labute approximate surface area is 102 Å². The molecular formula is C11H11N7. The Bertz CT molecular complexity index is 726. The van der Waals surface area contributed by atoms with E-state index in [-0.39, 0.29) is 0 Å². The summed E-state index contributed by atoms with van der Waals surface area (Å²) >= 11 is 0. The standard InChI is InChI=1S/C11H11N7/c1-17-8-3-2-7-9(13-6-12-7)10(8)16-11(17)18-14-4-5-15-18/h2-5,12-13H,6H2,1H3. The molecule has 3 aromatic rings. The number of benzene rings is 1. The first-order valence-electron chi connectivity index (χ1n) is 5.68. The van der Waals surface area contributed by atoms with E-state index in [0.29, 0.717) is 5.95 Å². The molecular weight excluding hydrogens is 230 g/mol. The van der Waals surface area contributed by atoms with Crippen molar-refractivity contribution in [3.8, 4) is 5.95 Å². The highest BCUT2D eigenvalue weighted by Crippen LogP contribution is 2.34. The van der Waals surface area contributed by atoms with Gasteiger partial charge in [0.2, 0.25) is 5.95 Å². The minimum absolute atomic E-state index is 0.706. The van der Waals surface area contributed by atoms with Crippen LogP contribution in [0.25, 0.3) is 17.0 Å². The van der Waals surface area contributed by atoms with Gasteiger partial charge in [0.25, 0.3) is 0 Å². The van der Waals surface area contributed by atoms with Crippen LogP contribution in [0.2, 0.25) is 0 Å². The molecule has 4 rings (SSSR count). The number of aryl methyl sites for hydroxylation is 1. The highest BCUT2D eigenvalue weighted by Gasteiger charge is 2.18. The molecule has 0 fully saturated rings. The highest BCUT2D eigenvalue weighted by molar-refractivity contribution is 5.98. The van der Waals surface area contributed by atoms with Gasteiger partial charge < -0.3 is 15.2 Å². The second-order valence-corrected chi connectivity index (χ2v) is 4.18. The lowest BCUT2D eigenvalue weighted by Crippen LogP contribution is -2.06. The molecule has 0 spiro atoms. The van der Waals surface area contributed by atoms with E-state index in [4.69, 9.17) is 0 Å². The maximum Gasteiger partial charge on any atom is 0.250 e. The summed E-state index contributed by atoms with van der Waals surface area (Å²) in [5, 5.41) is 14.8. The van der Waals surface area contributed by atoms with Crippen molar-refractivity contribution >= 4 is 22.4 Å². The molecule has 2 aromatic heterocycles. The maximum atomic E-state index is 4.62. The molecule has 1 aromatic carbocycles. The molecule has 2 N–H and O–H groups in total. The lowest BCUT2D eigenvalue weighted by Gasteiger charge is -2.00. The van der Waals surface area contributed by atoms with Crippen molar-refractivity contribution in [2.75, 3.05) is 17.3 Å². The van der Waals surface area contributed by atoms with E-state index in [1.165, 1.54) is 4.80 Å². The highest BCUT2D eigenvalue weighted by atomic mass is 15.5. The van der Waals surface area contributed by atoms with Crippen molar-refractivity contribution in [1.82, 2.24) is 24.5 Å². The summed E-state index contributed by atoms with van der Waals surface area (Å²) in [5.41, 5.74) is 4.12. The van der Waals surface area contributed by atoms with Gasteiger partial charge in [0, 0.05) is 7.05 Å². The lowest BCUT2D eigenvalue weighted by atomic mass is 10.2. The van der Waals surface area contributed by atoms with Crippen LogP contribution in [0.3, 0.4) is 0 Å². The van der Waals surface area contributed by atoms with Gasteiger partial charge in [0.15, 0.2) is 0 Å². The van der Waals surface area contributed by atoms with E-state index in [1.54, 1.807) is 12.4 Å². The molecule has 0 amide bonds. The van der Waals surface area contributed by atoms with Crippen molar-refractivity contribution < 1.29 is 0 Å². The van der Waals surface area contributed by atoms with Gasteiger partial charge in [-0.2, -0.15) is 10.2 Å². The van der Waals surface area contributed by atoms with E-state index < -0.39 is 0 Å². The normalized spacial score (nSPS) is 13.4. The van der Waals surface area contributed by atoms with Gasteiger partial charge in [-0.1, -0.05) is 0 Å². The van der Waals surface area contributed by atoms with Crippen LogP contribution in [0, 0.1) is 0 Å². The van der Waals surface area contributed by atoms with Gasteiger partial charge in [0.1, 0.15) is 5.52 Å². The summed E-state index contributed by atoms with van der Waals surface area (Å²) < 4.78 is 1.98. The zero-order valence-electron chi connectivity index (χ0n) is 9.75. The number of imidazole rings is 1. The van der Waals surface area contributed by atoms with E-state index in [2.05, 4.69) is 31.9 Å². The first kappa shape index (κ1) is 9.46. The van der Waals surface area contributed by atoms with Crippen LogP contribution in [0.1, 0.15) is 0 Å². The van der Waals surface area contributed by atoms with Gasteiger partial charge in [-0.05, 0) is 12.1 Å². The number of hydrogen-bond donors (Lipinski definition) is 2. The fraction of sp³-hybridized carbons (Fsp3) is 0.182. The maximum absolute atomic E-state index is 4.62. The van der Waals surface area contributed by atoms with Gasteiger partial charge in [0.05, 0.1) is 36.0 Å². The third-order valence-electron chi connectivity index (χ3n) is 3.17. The molecule has 0 unspecified atom stereocenters. The average Bonchev–Trinajstić information content (AvgIpc) is 3.06. The Morgan fingerprint density at radius 3 is 2.83 bits per heavy atom. The predicted octanol–water partition coefficient (Wildman–Crippen LogP) is 0.949. The van der Waals surface area contributed by atoms with Crippen LogP contribution in [-0.2, 0) is 7.05 Å². The van der Waals surface area contributed by atoms with Gasteiger partial charge >= 0.3 is 0 Å². The van der Waals surface area contributed by atoms with Crippen molar-refractivity contribution in [2.24, 2.45) is 7.05 Å². The zero-order chi connectivity index (χ0) is 12.1. The number of aromatic nitrogens is 5. The smallest absolute Gasteiger partial charge is 0.250 e. The summed E-state index contributed by atoms with van der Waals surface area (Å²) in [6, 6.07) is 4.10. The summed E-state index contributed by atoms with van der Waals surface area (Å²) in [4.78, 5) is 6.15. The minimum atomic E-state index is 0.706. The molecule has 1 aliphatic heterocycles.